The van der Waals surface area contributed by atoms with Gasteiger partial charge in [0.1, 0.15) is 5.56 Å². The van der Waals surface area contributed by atoms with Gasteiger partial charge in [0.05, 0.1) is 4.92 Å². The third-order valence-electron chi connectivity index (χ3n) is 4.25. The summed E-state index contributed by atoms with van der Waals surface area (Å²) in [5, 5.41) is 11.1. The summed E-state index contributed by atoms with van der Waals surface area (Å²) in [6, 6.07) is 3.91. The molecule has 0 atom stereocenters. The second-order valence-electron chi connectivity index (χ2n) is 6.37. The van der Waals surface area contributed by atoms with Gasteiger partial charge in [-0.1, -0.05) is 64.0 Å². The summed E-state index contributed by atoms with van der Waals surface area (Å²) < 4.78 is 0. The number of amides is 4. The number of carbonyl (C=O) groups is 3. The van der Waals surface area contributed by atoms with E-state index in [0.717, 1.165) is 31.7 Å². The smallest absolute Gasteiger partial charge is 0.328 e. The van der Waals surface area contributed by atoms with E-state index in [-0.39, 0.29) is 12.0 Å². The Kier molecular flexibility index (Phi) is 9.71. The van der Waals surface area contributed by atoms with E-state index in [2.05, 4.69) is 6.92 Å². The summed E-state index contributed by atoms with van der Waals surface area (Å²) in [4.78, 5) is 47.0. The fourth-order valence-electron chi connectivity index (χ4n) is 2.79. The first-order valence-corrected chi connectivity index (χ1v) is 9.30. The molecule has 1 rings (SSSR count). The molecule has 27 heavy (non-hydrogen) atoms. The van der Waals surface area contributed by atoms with Gasteiger partial charge >= 0.3 is 6.03 Å². The highest BCUT2D eigenvalue weighted by molar-refractivity contribution is 6.16. The van der Waals surface area contributed by atoms with E-state index >= 15 is 0 Å². The molecule has 0 aliphatic carbocycles. The van der Waals surface area contributed by atoms with Crippen LogP contribution in [0.3, 0.4) is 0 Å². The minimum Gasteiger partial charge on any atom is -0.351 e. The number of primary amides is 1. The standard InChI is InChI=1S/C19H27N3O5/c1-2-3-4-5-6-7-8-9-14-17(23)21(19(20)25)18(24)15-12-10-11-13-16(15)22(26)27/h10-13H,2-9,14H2,1H3,(H2,20,25). The molecule has 8 nitrogen and oxygen atoms in total. The van der Waals surface area contributed by atoms with Crippen molar-refractivity contribution in [1.29, 1.82) is 0 Å². The van der Waals surface area contributed by atoms with Crippen LogP contribution >= 0.6 is 0 Å². The van der Waals surface area contributed by atoms with Crippen molar-refractivity contribution in [2.45, 2.75) is 64.7 Å². The molecule has 0 saturated carbocycles. The third-order valence-corrected chi connectivity index (χ3v) is 4.25. The Morgan fingerprint density at radius 2 is 1.56 bits per heavy atom. The second kappa shape index (κ2) is 11.8. The van der Waals surface area contributed by atoms with Crippen LogP contribution < -0.4 is 5.73 Å². The summed E-state index contributed by atoms with van der Waals surface area (Å²) in [5.41, 5.74) is 4.36. The number of hydrogen-bond acceptors (Lipinski definition) is 5. The molecule has 0 radical (unpaired) electrons. The Labute approximate surface area is 158 Å². The largest absolute Gasteiger partial charge is 0.351 e. The maximum atomic E-state index is 12.5. The number of para-hydroxylation sites is 1. The molecule has 4 amide bonds. The van der Waals surface area contributed by atoms with E-state index in [1.165, 1.54) is 37.5 Å². The van der Waals surface area contributed by atoms with Crippen LogP contribution in [0.1, 0.15) is 75.1 Å². The highest BCUT2D eigenvalue weighted by Crippen LogP contribution is 2.20. The summed E-state index contributed by atoms with van der Waals surface area (Å²) in [5.74, 6) is -1.81. The molecule has 0 fully saturated rings. The molecule has 0 bridgehead atoms. The van der Waals surface area contributed by atoms with E-state index in [9.17, 15) is 24.5 Å². The normalized spacial score (nSPS) is 10.4. The van der Waals surface area contributed by atoms with Crippen molar-refractivity contribution < 1.29 is 19.3 Å². The van der Waals surface area contributed by atoms with Gasteiger partial charge in [0, 0.05) is 12.5 Å². The lowest BCUT2D eigenvalue weighted by Crippen LogP contribution is -2.45. The van der Waals surface area contributed by atoms with Crippen LogP contribution in [0.5, 0.6) is 0 Å². The first-order valence-electron chi connectivity index (χ1n) is 9.30. The Morgan fingerprint density at radius 1 is 1.00 bits per heavy atom. The van der Waals surface area contributed by atoms with Gasteiger partial charge in [-0.25, -0.2) is 4.79 Å². The van der Waals surface area contributed by atoms with Crippen molar-refractivity contribution >= 4 is 23.5 Å². The zero-order chi connectivity index (χ0) is 20.2. The number of hydrogen-bond donors (Lipinski definition) is 1. The van der Waals surface area contributed by atoms with Gasteiger partial charge in [-0.15, -0.1) is 0 Å². The average Bonchev–Trinajstić information content (AvgIpc) is 2.63. The fraction of sp³-hybridized carbons (Fsp3) is 0.526. The quantitative estimate of drug-likeness (QED) is 0.352. The molecule has 0 heterocycles. The van der Waals surface area contributed by atoms with Crippen LogP contribution in [0.15, 0.2) is 24.3 Å². The van der Waals surface area contributed by atoms with Crippen molar-refractivity contribution in [1.82, 2.24) is 4.90 Å². The van der Waals surface area contributed by atoms with Crippen molar-refractivity contribution in [3.05, 3.63) is 39.9 Å². The minimum atomic E-state index is -1.23. The summed E-state index contributed by atoms with van der Waals surface area (Å²) in [7, 11) is 0. The minimum absolute atomic E-state index is 0.00965. The molecule has 1 aromatic carbocycles. The van der Waals surface area contributed by atoms with E-state index in [1.54, 1.807) is 0 Å². The Balaban J connectivity index is 2.63. The molecule has 0 aliphatic rings. The number of imide groups is 3. The van der Waals surface area contributed by atoms with Crippen molar-refractivity contribution in [2.24, 2.45) is 5.73 Å². The fourth-order valence-corrected chi connectivity index (χ4v) is 2.79. The van der Waals surface area contributed by atoms with Gasteiger partial charge in [0.2, 0.25) is 5.91 Å². The van der Waals surface area contributed by atoms with Crippen LogP contribution in [0.25, 0.3) is 0 Å². The molecule has 0 aliphatic heterocycles. The van der Waals surface area contributed by atoms with Gasteiger partial charge in [-0.05, 0) is 12.5 Å². The number of carbonyl (C=O) groups excluding carboxylic acids is 3. The monoisotopic (exact) mass is 377 g/mol. The molecule has 0 unspecified atom stereocenters. The average molecular weight is 377 g/mol. The van der Waals surface area contributed by atoms with Crippen LogP contribution in [0, 0.1) is 10.1 Å². The number of nitrogens with two attached hydrogens (primary N) is 1. The molecule has 1 aromatic rings. The van der Waals surface area contributed by atoms with Gasteiger partial charge in [0.15, 0.2) is 0 Å². The van der Waals surface area contributed by atoms with Crippen LogP contribution in [0.2, 0.25) is 0 Å². The Morgan fingerprint density at radius 3 is 2.11 bits per heavy atom. The number of unbranched alkanes of at least 4 members (excludes halogenated alkanes) is 7. The van der Waals surface area contributed by atoms with Crippen molar-refractivity contribution in [3.63, 3.8) is 0 Å². The molecule has 0 aromatic heterocycles. The molecule has 148 valence electrons. The maximum absolute atomic E-state index is 12.5. The van der Waals surface area contributed by atoms with Gasteiger partial charge in [0.25, 0.3) is 11.6 Å². The Bertz CT molecular complexity index is 675. The maximum Gasteiger partial charge on any atom is 0.328 e. The summed E-state index contributed by atoms with van der Waals surface area (Å²) in [6.45, 7) is 2.15. The summed E-state index contributed by atoms with van der Waals surface area (Å²) >= 11 is 0. The highest BCUT2D eigenvalue weighted by Gasteiger charge is 2.31. The number of nitrogens with zero attached hydrogens (tertiary/aromatic N) is 2. The first-order chi connectivity index (χ1) is 12.9. The molecular formula is C19H27N3O5. The van der Waals surface area contributed by atoms with Crippen LogP contribution in [-0.4, -0.2) is 27.7 Å². The molecule has 8 heteroatoms. The van der Waals surface area contributed by atoms with E-state index in [0.29, 0.717) is 11.3 Å². The molecule has 0 saturated heterocycles. The van der Waals surface area contributed by atoms with E-state index < -0.39 is 28.5 Å². The van der Waals surface area contributed by atoms with Gasteiger partial charge in [-0.3, -0.25) is 19.7 Å². The van der Waals surface area contributed by atoms with E-state index in [4.69, 9.17) is 5.73 Å². The number of benzene rings is 1. The third kappa shape index (κ3) is 7.16. The number of urea groups is 1. The van der Waals surface area contributed by atoms with Crippen molar-refractivity contribution in [2.75, 3.05) is 0 Å². The van der Waals surface area contributed by atoms with Gasteiger partial charge < -0.3 is 5.73 Å². The summed E-state index contributed by atoms with van der Waals surface area (Å²) in [6.07, 6.45) is 8.16. The number of rotatable bonds is 11. The number of nitro groups is 1. The van der Waals surface area contributed by atoms with Gasteiger partial charge in [-0.2, -0.15) is 4.90 Å². The lowest BCUT2D eigenvalue weighted by molar-refractivity contribution is -0.385. The highest BCUT2D eigenvalue weighted by atomic mass is 16.6. The predicted molar refractivity (Wildman–Crippen MR) is 101 cm³/mol. The van der Waals surface area contributed by atoms with Crippen LogP contribution in [0.4, 0.5) is 10.5 Å². The molecular weight excluding hydrogens is 350 g/mol. The second-order valence-corrected chi connectivity index (χ2v) is 6.37. The first kappa shape index (κ1) is 22.3. The molecule has 2 N–H and O–H groups in total. The van der Waals surface area contributed by atoms with Crippen LogP contribution in [-0.2, 0) is 4.79 Å². The number of nitro benzene ring substituents is 1. The Hall–Kier alpha value is -2.77. The SMILES string of the molecule is CCCCCCCCCCC(=O)N(C(N)=O)C(=O)c1ccccc1[N+](=O)[O-]. The topological polar surface area (TPSA) is 124 Å². The van der Waals surface area contributed by atoms with E-state index in [1.807, 2.05) is 0 Å². The lowest BCUT2D eigenvalue weighted by atomic mass is 10.1. The zero-order valence-electron chi connectivity index (χ0n) is 15.7. The predicted octanol–water partition coefficient (Wildman–Crippen LogP) is 4.17. The zero-order valence-corrected chi connectivity index (χ0v) is 15.7. The molecule has 0 spiro atoms. The lowest BCUT2D eigenvalue weighted by Gasteiger charge is -2.16. The van der Waals surface area contributed by atoms with Crippen molar-refractivity contribution in [3.8, 4) is 0 Å².